The van der Waals surface area contributed by atoms with Gasteiger partial charge in [0.1, 0.15) is 0 Å². The number of anilines is 1. The zero-order valence-corrected chi connectivity index (χ0v) is 17.1. The minimum Gasteiger partial charge on any atom is -0.335 e. The van der Waals surface area contributed by atoms with E-state index in [0.717, 1.165) is 25.9 Å². The molecule has 28 heavy (non-hydrogen) atoms. The molecule has 2 aliphatic rings. The van der Waals surface area contributed by atoms with Gasteiger partial charge in [0, 0.05) is 50.5 Å². The SMILES string of the molecule is CCS(=O)(=O)Nc1cccc(C(=O)N2CCN(C(=O)N3CCCCC3)CC2)c1. The molecular formula is C19H28N4O4S. The van der Waals surface area contributed by atoms with Crippen LogP contribution in [0.25, 0.3) is 0 Å². The van der Waals surface area contributed by atoms with E-state index >= 15 is 0 Å². The Morgan fingerprint density at radius 3 is 2.18 bits per heavy atom. The monoisotopic (exact) mass is 408 g/mol. The van der Waals surface area contributed by atoms with Crippen molar-refractivity contribution in [2.75, 3.05) is 49.7 Å². The summed E-state index contributed by atoms with van der Waals surface area (Å²) in [5, 5.41) is 0. The first-order valence-corrected chi connectivity index (χ1v) is 11.5. The summed E-state index contributed by atoms with van der Waals surface area (Å²) >= 11 is 0. The minimum absolute atomic E-state index is 0.0296. The van der Waals surface area contributed by atoms with E-state index in [0.29, 0.717) is 37.4 Å². The highest BCUT2D eigenvalue weighted by molar-refractivity contribution is 7.92. The van der Waals surface area contributed by atoms with Crippen LogP contribution in [0.5, 0.6) is 0 Å². The molecule has 2 fully saturated rings. The molecule has 0 aromatic heterocycles. The highest BCUT2D eigenvalue weighted by Crippen LogP contribution is 2.17. The van der Waals surface area contributed by atoms with Crippen molar-refractivity contribution >= 4 is 27.6 Å². The van der Waals surface area contributed by atoms with Gasteiger partial charge in [-0.05, 0) is 44.4 Å². The first-order valence-electron chi connectivity index (χ1n) is 9.83. The van der Waals surface area contributed by atoms with Crippen molar-refractivity contribution in [3.63, 3.8) is 0 Å². The molecule has 2 saturated heterocycles. The van der Waals surface area contributed by atoms with E-state index in [-0.39, 0.29) is 17.7 Å². The molecule has 2 aliphatic heterocycles. The molecule has 154 valence electrons. The third-order valence-electron chi connectivity index (χ3n) is 5.23. The van der Waals surface area contributed by atoms with Crippen molar-refractivity contribution < 1.29 is 18.0 Å². The highest BCUT2D eigenvalue weighted by atomic mass is 32.2. The van der Waals surface area contributed by atoms with Gasteiger partial charge in [0.05, 0.1) is 5.75 Å². The number of piperidine rings is 1. The van der Waals surface area contributed by atoms with Crippen molar-refractivity contribution in [1.29, 1.82) is 0 Å². The number of urea groups is 1. The largest absolute Gasteiger partial charge is 0.335 e. The average molecular weight is 409 g/mol. The minimum atomic E-state index is -3.39. The van der Waals surface area contributed by atoms with E-state index in [1.807, 2.05) is 9.80 Å². The van der Waals surface area contributed by atoms with E-state index in [9.17, 15) is 18.0 Å². The number of piperazine rings is 1. The summed E-state index contributed by atoms with van der Waals surface area (Å²) < 4.78 is 25.9. The molecule has 1 N–H and O–H groups in total. The van der Waals surface area contributed by atoms with E-state index in [1.165, 1.54) is 6.42 Å². The zero-order valence-electron chi connectivity index (χ0n) is 16.3. The van der Waals surface area contributed by atoms with Crippen LogP contribution in [0.15, 0.2) is 24.3 Å². The van der Waals surface area contributed by atoms with Crippen LogP contribution in [0.2, 0.25) is 0 Å². The van der Waals surface area contributed by atoms with Crippen molar-refractivity contribution in [1.82, 2.24) is 14.7 Å². The summed E-state index contributed by atoms with van der Waals surface area (Å²) in [5.41, 5.74) is 0.818. The molecule has 1 aromatic carbocycles. The van der Waals surface area contributed by atoms with Crippen molar-refractivity contribution in [3.8, 4) is 0 Å². The van der Waals surface area contributed by atoms with Gasteiger partial charge in [0.15, 0.2) is 0 Å². The standard InChI is InChI=1S/C19H28N4O4S/c1-2-28(26,27)20-17-8-6-7-16(15-17)18(24)21-11-13-23(14-12-21)19(25)22-9-4-3-5-10-22/h6-8,15,20H,2-5,9-14H2,1H3. The number of hydrogen-bond acceptors (Lipinski definition) is 4. The van der Waals surface area contributed by atoms with E-state index in [1.54, 1.807) is 36.1 Å². The number of sulfonamides is 1. The first-order chi connectivity index (χ1) is 13.4. The molecular weight excluding hydrogens is 380 g/mol. The summed E-state index contributed by atoms with van der Waals surface area (Å²) in [6.45, 7) is 5.18. The lowest BCUT2D eigenvalue weighted by atomic mass is 10.1. The van der Waals surface area contributed by atoms with Crippen LogP contribution in [0.1, 0.15) is 36.5 Å². The Balaban J connectivity index is 1.58. The molecule has 3 amide bonds. The number of rotatable bonds is 4. The Morgan fingerprint density at radius 2 is 1.54 bits per heavy atom. The smallest absolute Gasteiger partial charge is 0.320 e. The van der Waals surface area contributed by atoms with Gasteiger partial charge in [0.2, 0.25) is 10.0 Å². The van der Waals surface area contributed by atoms with Crippen LogP contribution >= 0.6 is 0 Å². The number of hydrogen-bond donors (Lipinski definition) is 1. The molecule has 0 saturated carbocycles. The Hall–Kier alpha value is -2.29. The Morgan fingerprint density at radius 1 is 0.929 bits per heavy atom. The molecule has 8 nitrogen and oxygen atoms in total. The van der Waals surface area contributed by atoms with Crippen molar-refractivity contribution in [2.45, 2.75) is 26.2 Å². The maximum absolute atomic E-state index is 12.8. The predicted octanol–water partition coefficient (Wildman–Crippen LogP) is 1.81. The third-order valence-corrected chi connectivity index (χ3v) is 6.53. The quantitative estimate of drug-likeness (QED) is 0.823. The molecule has 9 heteroatoms. The van der Waals surface area contributed by atoms with Gasteiger partial charge in [0.25, 0.3) is 5.91 Å². The lowest BCUT2D eigenvalue weighted by Gasteiger charge is -2.38. The third kappa shape index (κ3) is 4.95. The number of carbonyl (C=O) groups is 2. The van der Waals surface area contributed by atoms with Crippen LogP contribution in [-0.2, 0) is 10.0 Å². The molecule has 0 aliphatic carbocycles. The Bertz CT molecular complexity index is 813. The summed E-state index contributed by atoms with van der Waals surface area (Å²) in [4.78, 5) is 30.8. The molecule has 3 rings (SSSR count). The van der Waals surface area contributed by atoms with Crippen molar-refractivity contribution in [2.24, 2.45) is 0 Å². The van der Waals surface area contributed by atoms with Crippen LogP contribution in [0.4, 0.5) is 10.5 Å². The van der Waals surface area contributed by atoms with Gasteiger partial charge >= 0.3 is 6.03 Å². The van der Waals surface area contributed by atoms with Gasteiger partial charge in [-0.1, -0.05) is 6.07 Å². The molecule has 0 atom stereocenters. The topological polar surface area (TPSA) is 90.0 Å². The van der Waals surface area contributed by atoms with Gasteiger partial charge < -0.3 is 14.7 Å². The molecule has 0 radical (unpaired) electrons. The van der Waals surface area contributed by atoms with Crippen LogP contribution in [0, 0.1) is 0 Å². The maximum atomic E-state index is 12.8. The average Bonchev–Trinajstić information content (AvgIpc) is 2.73. The summed E-state index contributed by atoms with van der Waals surface area (Å²) in [5.74, 6) is -0.180. The number of nitrogens with zero attached hydrogens (tertiary/aromatic N) is 3. The summed E-state index contributed by atoms with van der Waals surface area (Å²) in [6.07, 6.45) is 3.30. The maximum Gasteiger partial charge on any atom is 0.320 e. The number of likely N-dealkylation sites (tertiary alicyclic amines) is 1. The second kappa shape index (κ2) is 8.81. The fourth-order valence-corrected chi connectivity index (χ4v) is 4.17. The highest BCUT2D eigenvalue weighted by Gasteiger charge is 2.28. The van der Waals surface area contributed by atoms with E-state index in [4.69, 9.17) is 0 Å². The number of carbonyl (C=O) groups excluding carboxylic acids is 2. The lowest BCUT2D eigenvalue weighted by Crippen LogP contribution is -2.54. The lowest BCUT2D eigenvalue weighted by molar-refractivity contribution is 0.0633. The fraction of sp³-hybridized carbons (Fsp3) is 0.579. The zero-order chi connectivity index (χ0) is 20.1. The van der Waals surface area contributed by atoms with Crippen LogP contribution < -0.4 is 4.72 Å². The molecule has 1 aromatic rings. The predicted molar refractivity (Wildman–Crippen MR) is 108 cm³/mol. The molecule has 0 unspecified atom stereocenters. The second-order valence-corrected chi connectivity index (χ2v) is 9.21. The van der Waals surface area contributed by atoms with Crippen molar-refractivity contribution in [3.05, 3.63) is 29.8 Å². The van der Waals surface area contributed by atoms with Gasteiger partial charge in [-0.15, -0.1) is 0 Å². The summed E-state index contributed by atoms with van der Waals surface area (Å²) in [6, 6.07) is 6.59. The number of nitrogens with one attached hydrogen (secondary N) is 1. The molecule has 0 spiro atoms. The fourth-order valence-electron chi connectivity index (χ4n) is 3.54. The summed E-state index contributed by atoms with van der Waals surface area (Å²) in [7, 11) is -3.39. The van der Waals surface area contributed by atoms with Gasteiger partial charge in [-0.2, -0.15) is 0 Å². The Kier molecular flexibility index (Phi) is 6.43. The Labute approximate surface area is 166 Å². The van der Waals surface area contributed by atoms with Gasteiger partial charge in [-0.3, -0.25) is 9.52 Å². The number of benzene rings is 1. The van der Waals surface area contributed by atoms with E-state index in [2.05, 4.69) is 4.72 Å². The second-order valence-electron chi connectivity index (χ2n) is 7.20. The van der Waals surface area contributed by atoms with Gasteiger partial charge in [-0.25, -0.2) is 13.2 Å². The van der Waals surface area contributed by atoms with Crippen LogP contribution in [-0.4, -0.2) is 80.1 Å². The van der Waals surface area contributed by atoms with E-state index < -0.39 is 10.0 Å². The first kappa shape index (κ1) is 20.4. The molecule has 2 heterocycles. The molecule has 0 bridgehead atoms. The number of amides is 3. The normalized spacial score (nSPS) is 18.1. The van der Waals surface area contributed by atoms with Crippen LogP contribution in [0.3, 0.4) is 0 Å².